The number of carbonyl (C=O) groups is 1. The van der Waals surface area contributed by atoms with Crippen LogP contribution in [0.2, 0.25) is 0 Å². The highest BCUT2D eigenvalue weighted by molar-refractivity contribution is 5.90. The van der Waals surface area contributed by atoms with Crippen molar-refractivity contribution in [2.24, 2.45) is 0 Å². The second-order valence-electron chi connectivity index (χ2n) is 8.69. The number of ether oxygens (including phenoxy) is 1. The molecule has 0 spiro atoms. The van der Waals surface area contributed by atoms with E-state index in [1.807, 2.05) is 0 Å². The van der Waals surface area contributed by atoms with Crippen molar-refractivity contribution < 1.29 is 49.0 Å². The van der Waals surface area contributed by atoms with Gasteiger partial charge in [0, 0.05) is 12.0 Å². The van der Waals surface area contributed by atoms with E-state index < -0.39 is 64.8 Å². The molecular weight excluding hydrogens is 531 g/mol. The van der Waals surface area contributed by atoms with Crippen LogP contribution in [0.4, 0.5) is 50.0 Å². The van der Waals surface area contributed by atoms with Gasteiger partial charge in [-0.1, -0.05) is 6.92 Å². The normalized spacial score (nSPS) is 18.9. The second kappa shape index (κ2) is 10.4. The molecule has 206 valence electrons. The Balaban J connectivity index is 2.28. The van der Waals surface area contributed by atoms with E-state index in [0.29, 0.717) is 24.3 Å². The van der Waals surface area contributed by atoms with Crippen molar-refractivity contribution in [3.63, 3.8) is 0 Å². The van der Waals surface area contributed by atoms with E-state index >= 15 is 0 Å². The first-order valence-electron chi connectivity index (χ1n) is 11.4. The summed E-state index contributed by atoms with van der Waals surface area (Å²) in [5, 5.41) is 9.95. The van der Waals surface area contributed by atoms with Gasteiger partial charge in [0.25, 0.3) is 0 Å². The number of hydrogen-bond donors (Lipinski definition) is 0. The van der Waals surface area contributed by atoms with E-state index in [-0.39, 0.29) is 36.8 Å². The van der Waals surface area contributed by atoms with Crippen LogP contribution >= 0.6 is 0 Å². The standard InChI is InChI=1S/C25H21F9N2O2/c1-3-17-11-18(19-10-14(23(26,27)28)5-6-21(19)36(17)22(37)38-4-2)20(12-35)13-7-15(24(29,30)31)9-16(8-13)25(32,33)34/h5-10,17-18,20H,3-4,11H2,1-2H3/t17-,18+,20+/m0/s1. The zero-order valence-corrected chi connectivity index (χ0v) is 19.9. The Bertz CT molecular complexity index is 1200. The van der Waals surface area contributed by atoms with Crippen LogP contribution in [0.1, 0.15) is 66.3 Å². The zero-order chi connectivity index (χ0) is 28.6. The molecule has 1 heterocycles. The first kappa shape index (κ1) is 29.1. The molecule has 0 aromatic heterocycles. The summed E-state index contributed by atoms with van der Waals surface area (Å²) in [4.78, 5) is 13.8. The van der Waals surface area contributed by atoms with Gasteiger partial charge in [0.2, 0.25) is 0 Å². The van der Waals surface area contributed by atoms with Gasteiger partial charge in [0.15, 0.2) is 0 Å². The molecule has 0 N–H and O–H groups in total. The maximum absolute atomic E-state index is 13.6. The number of benzene rings is 2. The fourth-order valence-electron chi connectivity index (χ4n) is 4.63. The van der Waals surface area contributed by atoms with Gasteiger partial charge in [-0.3, -0.25) is 4.90 Å². The molecule has 0 unspecified atom stereocenters. The topological polar surface area (TPSA) is 53.3 Å². The van der Waals surface area contributed by atoms with Gasteiger partial charge in [-0.2, -0.15) is 44.8 Å². The SMILES string of the molecule is CCOC(=O)N1c2ccc(C(F)(F)F)cc2[C@H]([C@H](C#N)c2cc(C(F)(F)F)cc(C(F)(F)F)c2)C[C@@H]1CC. The van der Waals surface area contributed by atoms with Crippen molar-refractivity contribution >= 4 is 11.8 Å². The fraction of sp³-hybridized carbons (Fsp3) is 0.440. The number of hydrogen-bond acceptors (Lipinski definition) is 3. The van der Waals surface area contributed by atoms with Crippen molar-refractivity contribution in [2.75, 3.05) is 11.5 Å². The summed E-state index contributed by atoms with van der Waals surface area (Å²) in [7, 11) is 0. The number of anilines is 1. The lowest BCUT2D eigenvalue weighted by Crippen LogP contribution is -2.45. The van der Waals surface area contributed by atoms with Crippen LogP contribution in [-0.4, -0.2) is 18.7 Å². The van der Waals surface area contributed by atoms with Crippen LogP contribution in [0.25, 0.3) is 0 Å². The molecule has 2 aromatic rings. The molecule has 4 nitrogen and oxygen atoms in total. The van der Waals surface area contributed by atoms with Crippen molar-refractivity contribution in [3.8, 4) is 6.07 Å². The number of carbonyl (C=O) groups excluding carboxylic acids is 1. The molecule has 3 rings (SSSR count). The summed E-state index contributed by atoms with van der Waals surface area (Å²) in [5.74, 6) is -2.96. The number of alkyl halides is 9. The highest BCUT2D eigenvalue weighted by Gasteiger charge is 2.43. The van der Waals surface area contributed by atoms with Crippen molar-refractivity contribution in [1.29, 1.82) is 5.26 Å². The average Bonchev–Trinajstić information content (AvgIpc) is 2.82. The molecule has 0 radical (unpaired) electrons. The summed E-state index contributed by atoms with van der Waals surface area (Å²) in [5.41, 5.74) is -5.39. The van der Waals surface area contributed by atoms with Crippen LogP contribution in [0.15, 0.2) is 36.4 Å². The molecule has 38 heavy (non-hydrogen) atoms. The molecule has 1 aliphatic heterocycles. The molecule has 13 heteroatoms. The number of nitrogens with zero attached hydrogens (tertiary/aromatic N) is 2. The summed E-state index contributed by atoms with van der Waals surface area (Å²) in [6.07, 6.45) is -16.1. The monoisotopic (exact) mass is 552 g/mol. The van der Waals surface area contributed by atoms with E-state index in [1.54, 1.807) is 13.0 Å². The van der Waals surface area contributed by atoms with Gasteiger partial charge in [-0.25, -0.2) is 4.79 Å². The molecule has 2 aromatic carbocycles. The third-order valence-corrected chi connectivity index (χ3v) is 6.35. The lowest BCUT2D eigenvalue weighted by Gasteiger charge is -2.41. The lowest BCUT2D eigenvalue weighted by molar-refractivity contribution is -0.143. The summed E-state index contributed by atoms with van der Waals surface area (Å²) >= 11 is 0. The predicted molar refractivity (Wildman–Crippen MR) is 117 cm³/mol. The minimum Gasteiger partial charge on any atom is -0.449 e. The van der Waals surface area contributed by atoms with Crippen LogP contribution in [-0.2, 0) is 23.3 Å². The number of amides is 1. The fourth-order valence-corrected chi connectivity index (χ4v) is 4.63. The molecule has 0 saturated carbocycles. The highest BCUT2D eigenvalue weighted by Crippen LogP contribution is 2.49. The van der Waals surface area contributed by atoms with Gasteiger partial charge >= 0.3 is 24.6 Å². The largest absolute Gasteiger partial charge is 0.449 e. The Labute approximate surface area is 211 Å². The Morgan fingerprint density at radius 3 is 1.95 bits per heavy atom. The first-order valence-corrected chi connectivity index (χ1v) is 11.4. The maximum Gasteiger partial charge on any atom is 0.416 e. The predicted octanol–water partition coefficient (Wildman–Crippen LogP) is 8.28. The maximum atomic E-state index is 13.6. The number of halogens is 9. The molecule has 0 fully saturated rings. The number of nitriles is 1. The van der Waals surface area contributed by atoms with E-state index in [1.165, 1.54) is 6.92 Å². The van der Waals surface area contributed by atoms with E-state index in [0.717, 1.165) is 11.0 Å². The van der Waals surface area contributed by atoms with Crippen LogP contribution < -0.4 is 4.90 Å². The Hall–Kier alpha value is -3.43. The number of rotatable bonds is 4. The quantitative estimate of drug-likeness (QED) is 0.359. The molecule has 0 aliphatic carbocycles. The smallest absolute Gasteiger partial charge is 0.416 e. The Morgan fingerprint density at radius 1 is 0.947 bits per heavy atom. The van der Waals surface area contributed by atoms with Crippen molar-refractivity contribution in [1.82, 2.24) is 0 Å². The van der Waals surface area contributed by atoms with Gasteiger partial charge in [0.05, 0.1) is 41.0 Å². The number of fused-ring (bicyclic) bond motifs is 1. The minimum absolute atomic E-state index is 0.0591. The zero-order valence-electron chi connectivity index (χ0n) is 19.9. The van der Waals surface area contributed by atoms with E-state index in [9.17, 15) is 49.6 Å². The highest BCUT2D eigenvalue weighted by atomic mass is 19.4. The molecule has 3 atom stereocenters. The van der Waals surface area contributed by atoms with Gasteiger partial charge in [0.1, 0.15) is 0 Å². The summed E-state index contributed by atoms with van der Waals surface area (Å²) < 4.78 is 126. The van der Waals surface area contributed by atoms with Crippen LogP contribution in [0.3, 0.4) is 0 Å². The molecule has 1 aliphatic rings. The van der Waals surface area contributed by atoms with E-state index in [2.05, 4.69) is 0 Å². The van der Waals surface area contributed by atoms with Gasteiger partial charge in [-0.15, -0.1) is 0 Å². The Morgan fingerprint density at radius 2 is 1.50 bits per heavy atom. The molecule has 0 bridgehead atoms. The first-order chi connectivity index (χ1) is 17.5. The van der Waals surface area contributed by atoms with Crippen LogP contribution in [0, 0.1) is 11.3 Å². The molecule has 0 saturated heterocycles. The van der Waals surface area contributed by atoms with Gasteiger partial charge < -0.3 is 4.74 Å². The van der Waals surface area contributed by atoms with Crippen LogP contribution in [0.5, 0.6) is 0 Å². The molecule has 1 amide bonds. The summed E-state index contributed by atoms with van der Waals surface area (Å²) in [6.45, 7) is 3.09. The van der Waals surface area contributed by atoms with E-state index in [4.69, 9.17) is 4.74 Å². The van der Waals surface area contributed by atoms with Crippen molar-refractivity contribution in [3.05, 3.63) is 64.2 Å². The Kier molecular flexibility index (Phi) is 7.96. The third-order valence-electron chi connectivity index (χ3n) is 6.35. The lowest BCUT2D eigenvalue weighted by atomic mass is 9.74. The third kappa shape index (κ3) is 5.84. The van der Waals surface area contributed by atoms with Gasteiger partial charge in [-0.05, 0) is 67.3 Å². The minimum atomic E-state index is -5.18. The van der Waals surface area contributed by atoms with Crippen molar-refractivity contribution in [2.45, 2.75) is 63.1 Å². The molecular formula is C25H21F9N2O2. The average molecular weight is 552 g/mol. The second-order valence-corrected chi connectivity index (χ2v) is 8.69. The summed E-state index contributed by atoms with van der Waals surface area (Å²) in [6, 6.07) is 4.02.